The Kier molecular flexibility index (Phi) is 6.74. The number of sulfonamides is 1. The molecule has 0 aliphatic heterocycles. The van der Waals surface area contributed by atoms with E-state index in [0.717, 1.165) is 22.2 Å². The average molecular weight is 481 g/mol. The lowest BCUT2D eigenvalue weighted by molar-refractivity contribution is 0.0698. The van der Waals surface area contributed by atoms with Crippen LogP contribution in [-0.4, -0.2) is 31.0 Å². The molecule has 0 bridgehead atoms. The Morgan fingerprint density at radius 1 is 0.909 bits per heavy atom. The van der Waals surface area contributed by atoms with Gasteiger partial charge in [0.25, 0.3) is 0 Å². The molecule has 3 aromatic carbocycles. The van der Waals surface area contributed by atoms with Crippen LogP contribution in [0, 0.1) is 0 Å². The van der Waals surface area contributed by atoms with E-state index in [1.807, 2.05) is 24.3 Å². The molecule has 0 amide bonds. The number of pyridine rings is 1. The van der Waals surface area contributed by atoms with Gasteiger partial charge >= 0.3 is 5.97 Å². The van der Waals surface area contributed by atoms with Crippen LogP contribution in [-0.2, 0) is 22.9 Å². The van der Waals surface area contributed by atoms with Gasteiger partial charge in [0.1, 0.15) is 0 Å². The van der Waals surface area contributed by atoms with Crippen molar-refractivity contribution in [2.24, 2.45) is 0 Å². The predicted octanol–water partition coefficient (Wildman–Crippen LogP) is 4.70. The third kappa shape index (κ3) is 5.39. The zero-order valence-corrected chi connectivity index (χ0v) is 19.1. The van der Waals surface area contributed by atoms with Gasteiger partial charge in [-0.05, 0) is 47.2 Å². The third-order valence-corrected chi connectivity index (χ3v) is 7.06. The summed E-state index contributed by atoms with van der Waals surface area (Å²) in [5, 5.41) is 11.4. The van der Waals surface area contributed by atoms with Crippen LogP contribution in [0.3, 0.4) is 0 Å². The van der Waals surface area contributed by atoms with Gasteiger partial charge in [-0.3, -0.25) is 4.98 Å². The second-order valence-corrected chi connectivity index (χ2v) is 9.77. The normalized spacial score (nSPS) is 11.5. The van der Waals surface area contributed by atoms with Crippen LogP contribution in [0.15, 0.2) is 83.9 Å². The lowest BCUT2D eigenvalue weighted by Crippen LogP contribution is -2.26. The van der Waals surface area contributed by atoms with Crippen LogP contribution in [0.25, 0.3) is 10.8 Å². The molecular formula is C25H21ClN2O4S. The number of benzene rings is 3. The van der Waals surface area contributed by atoms with Crippen molar-refractivity contribution in [3.63, 3.8) is 0 Å². The number of nitrogens with zero attached hydrogens (tertiary/aromatic N) is 1. The highest BCUT2D eigenvalue weighted by Crippen LogP contribution is 2.23. The Balaban J connectivity index is 1.46. The van der Waals surface area contributed by atoms with E-state index in [-0.39, 0.29) is 17.0 Å². The topological polar surface area (TPSA) is 96.4 Å². The third-order valence-electron chi connectivity index (χ3n) is 5.33. The standard InChI is InChI=1S/C25H21ClN2O4S/c26-19-9-5-17(6-10-19)13-14-28-33(31,32)20-11-7-18(8-12-20)15-24-22-4-2-1-3-21(22)23(16-27-24)25(29)30/h1-12,16,28H,13-15H2,(H,29,30). The minimum atomic E-state index is -3.63. The number of aromatic nitrogens is 1. The fourth-order valence-corrected chi connectivity index (χ4v) is 4.76. The first-order valence-corrected chi connectivity index (χ1v) is 12.1. The zero-order valence-electron chi connectivity index (χ0n) is 17.5. The maximum absolute atomic E-state index is 12.6. The van der Waals surface area contributed by atoms with Gasteiger partial charge in [0.05, 0.1) is 16.2 Å². The van der Waals surface area contributed by atoms with Crippen LogP contribution in [0.4, 0.5) is 0 Å². The van der Waals surface area contributed by atoms with Crippen molar-refractivity contribution in [3.8, 4) is 0 Å². The molecule has 4 aromatic rings. The second-order valence-electron chi connectivity index (χ2n) is 7.56. The Bertz CT molecular complexity index is 1400. The fourth-order valence-electron chi connectivity index (χ4n) is 3.61. The number of nitrogens with one attached hydrogen (secondary N) is 1. The molecular weight excluding hydrogens is 460 g/mol. The van der Waals surface area contributed by atoms with E-state index < -0.39 is 16.0 Å². The molecule has 0 saturated heterocycles. The first-order chi connectivity index (χ1) is 15.8. The molecule has 6 nitrogen and oxygen atoms in total. The van der Waals surface area contributed by atoms with Gasteiger partial charge in [0.15, 0.2) is 0 Å². The highest BCUT2D eigenvalue weighted by molar-refractivity contribution is 7.89. The predicted molar refractivity (Wildman–Crippen MR) is 128 cm³/mol. The molecule has 0 atom stereocenters. The monoisotopic (exact) mass is 480 g/mol. The summed E-state index contributed by atoms with van der Waals surface area (Å²) >= 11 is 5.87. The van der Waals surface area contributed by atoms with Crippen molar-refractivity contribution in [1.29, 1.82) is 0 Å². The number of aromatic carboxylic acids is 1. The van der Waals surface area contributed by atoms with Crippen molar-refractivity contribution in [1.82, 2.24) is 9.71 Å². The Morgan fingerprint density at radius 3 is 2.21 bits per heavy atom. The van der Waals surface area contributed by atoms with Crippen molar-refractivity contribution >= 4 is 38.4 Å². The SMILES string of the molecule is O=C(O)c1cnc(Cc2ccc(S(=O)(=O)NCCc3ccc(Cl)cc3)cc2)c2ccccc12. The highest BCUT2D eigenvalue weighted by Gasteiger charge is 2.15. The average Bonchev–Trinajstić information content (AvgIpc) is 2.81. The number of hydrogen-bond acceptors (Lipinski definition) is 4. The van der Waals surface area contributed by atoms with E-state index in [9.17, 15) is 18.3 Å². The van der Waals surface area contributed by atoms with Crippen molar-refractivity contribution in [3.05, 3.63) is 106 Å². The number of carboxylic acids is 1. The highest BCUT2D eigenvalue weighted by atomic mass is 35.5. The summed E-state index contributed by atoms with van der Waals surface area (Å²) in [5.74, 6) is -1.02. The van der Waals surface area contributed by atoms with Crippen LogP contribution in [0.5, 0.6) is 0 Å². The summed E-state index contributed by atoms with van der Waals surface area (Å²) in [6.45, 7) is 0.275. The van der Waals surface area contributed by atoms with Gasteiger partial charge in [0, 0.05) is 29.6 Å². The molecule has 0 aliphatic carbocycles. The molecule has 0 unspecified atom stereocenters. The number of hydrogen-bond donors (Lipinski definition) is 2. The molecule has 0 spiro atoms. The largest absolute Gasteiger partial charge is 0.478 e. The Morgan fingerprint density at radius 2 is 1.55 bits per heavy atom. The molecule has 2 N–H and O–H groups in total. The van der Waals surface area contributed by atoms with E-state index in [1.165, 1.54) is 6.20 Å². The molecule has 0 aliphatic rings. The van der Waals surface area contributed by atoms with E-state index in [2.05, 4.69) is 9.71 Å². The van der Waals surface area contributed by atoms with Crippen LogP contribution < -0.4 is 4.72 Å². The summed E-state index contributed by atoms with van der Waals surface area (Å²) in [6, 6.07) is 21.1. The van der Waals surface area contributed by atoms with E-state index in [4.69, 9.17) is 11.6 Å². The van der Waals surface area contributed by atoms with Gasteiger partial charge in [-0.1, -0.05) is 60.1 Å². The number of carbonyl (C=O) groups is 1. The lowest BCUT2D eigenvalue weighted by atomic mass is 10.0. The summed E-state index contributed by atoms with van der Waals surface area (Å²) < 4.78 is 27.9. The fraction of sp³-hybridized carbons (Fsp3) is 0.120. The van der Waals surface area contributed by atoms with Crippen LogP contribution in [0.2, 0.25) is 5.02 Å². The van der Waals surface area contributed by atoms with E-state index >= 15 is 0 Å². The molecule has 8 heteroatoms. The maximum atomic E-state index is 12.6. The van der Waals surface area contributed by atoms with Crippen molar-refractivity contribution in [2.45, 2.75) is 17.7 Å². The first-order valence-electron chi connectivity index (χ1n) is 10.3. The van der Waals surface area contributed by atoms with Crippen molar-refractivity contribution < 1.29 is 18.3 Å². The van der Waals surface area contributed by atoms with Gasteiger partial charge in [0.2, 0.25) is 10.0 Å². The number of fused-ring (bicyclic) bond motifs is 1. The first kappa shape index (κ1) is 22.9. The second kappa shape index (κ2) is 9.70. The van der Waals surface area contributed by atoms with Gasteiger partial charge < -0.3 is 5.11 Å². The van der Waals surface area contributed by atoms with Crippen LogP contribution >= 0.6 is 11.6 Å². The Hall–Kier alpha value is -3.26. The summed E-state index contributed by atoms with van der Waals surface area (Å²) in [6.07, 6.45) is 2.37. The Labute approximate surface area is 196 Å². The lowest BCUT2D eigenvalue weighted by Gasteiger charge is -2.10. The molecule has 168 valence electrons. The quantitative estimate of drug-likeness (QED) is 0.381. The summed E-state index contributed by atoms with van der Waals surface area (Å²) in [7, 11) is -3.63. The molecule has 0 saturated carbocycles. The maximum Gasteiger partial charge on any atom is 0.337 e. The molecule has 0 radical (unpaired) electrons. The molecule has 0 fully saturated rings. The molecule has 1 heterocycles. The van der Waals surface area contributed by atoms with Crippen LogP contribution in [0.1, 0.15) is 27.2 Å². The molecule has 33 heavy (non-hydrogen) atoms. The molecule has 1 aromatic heterocycles. The minimum absolute atomic E-state index is 0.153. The van der Waals surface area contributed by atoms with Gasteiger partial charge in [-0.15, -0.1) is 0 Å². The van der Waals surface area contributed by atoms with E-state index in [1.54, 1.807) is 48.5 Å². The number of rotatable bonds is 8. The minimum Gasteiger partial charge on any atom is -0.478 e. The smallest absolute Gasteiger partial charge is 0.337 e. The van der Waals surface area contributed by atoms with E-state index in [0.29, 0.717) is 23.3 Å². The van der Waals surface area contributed by atoms with Gasteiger partial charge in [-0.25, -0.2) is 17.9 Å². The summed E-state index contributed by atoms with van der Waals surface area (Å²) in [4.78, 5) is 16.0. The number of carboxylic acid groups (broad SMARTS) is 1. The summed E-state index contributed by atoms with van der Waals surface area (Å²) in [5.41, 5.74) is 2.75. The number of halogens is 1. The van der Waals surface area contributed by atoms with Crippen molar-refractivity contribution in [2.75, 3.05) is 6.54 Å². The molecule has 4 rings (SSSR count). The van der Waals surface area contributed by atoms with Gasteiger partial charge in [-0.2, -0.15) is 0 Å². The zero-order chi connectivity index (χ0) is 23.4.